The van der Waals surface area contributed by atoms with Crippen LogP contribution in [-0.4, -0.2) is 35.6 Å². The first kappa shape index (κ1) is 14.9. The van der Waals surface area contributed by atoms with Gasteiger partial charge < -0.3 is 15.8 Å². The van der Waals surface area contributed by atoms with E-state index in [9.17, 15) is 0 Å². The summed E-state index contributed by atoms with van der Waals surface area (Å²) < 4.78 is 0. The third-order valence-corrected chi connectivity index (χ3v) is 4.23. The van der Waals surface area contributed by atoms with Crippen molar-refractivity contribution in [3.63, 3.8) is 0 Å². The van der Waals surface area contributed by atoms with Crippen molar-refractivity contribution in [1.29, 1.82) is 0 Å². The molecule has 0 aliphatic heterocycles. The van der Waals surface area contributed by atoms with Crippen LogP contribution in [0.1, 0.15) is 43.2 Å². The average molecular weight is 275 g/mol. The molecule has 0 radical (unpaired) electrons. The molecular weight excluding hydrogens is 250 g/mol. The summed E-state index contributed by atoms with van der Waals surface area (Å²) in [6, 6.07) is 8.81. The Bertz CT molecular complexity index is 459. The lowest BCUT2D eigenvalue weighted by Crippen LogP contribution is -2.33. The van der Waals surface area contributed by atoms with E-state index in [-0.39, 0.29) is 0 Å². The third-order valence-electron chi connectivity index (χ3n) is 4.23. The van der Waals surface area contributed by atoms with E-state index in [0.717, 1.165) is 19.6 Å². The lowest BCUT2D eigenvalue weighted by molar-refractivity contribution is 0.263. The molecule has 2 rings (SSSR count). The van der Waals surface area contributed by atoms with Crippen LogP contribution in [0.25, 0.3) is 0 Å². The summed E-state index contributed by atoms with van der Waals surface area (Å²) in [5.41, 5.74) is 8.58. The fourth-order valence-electron chi connectivity index (χ4n) is 3.06. The van der Waals surface area contributed by atoms with Gasteiger partial charge in [-0.25, -0.2) is 0 Å². The Balaban J connectivity index is 1.98. The number of benzene rings is 1. The van der Waals surface area contributed by atoms with Gasteiger partial charge in [-0.1, -0.05) is 36.3 Å². The molecule has 1 atom stereocenters. The number of amidine groups is 1. The number of hydrogen-bond acceptors (Lipinski definition) is 3. The molecule has 0 bridgehead atoms. The minimum Gasteiger partial charge on any atom is -0.409 e. The second-order valence-electron chi connectivity index (χ2n) is 5.52. The van der Waals surface area contributed by atoms with E-state index in [1.54, 1.807) is 0 Å². The Hall–Kier alpha value is -1.55. The molecule has 0 spiro atoms. The van der Waals surface area contributed by atoms with Gasteiger partial charge in [0, 0.05) is 19.5 Å². The van der Waals surface area contributed by atoms with Gasteiger partial charge in [-0.2, -0.15) is 0 Å². The van der Waals surface area contributed by atoms with Gasteiger partial charge in [0.2, 0.25) is 0 Å². The van der Waals surface area contributed by atoms with Crippen molar-refractivity contribution >= 4 is 5.84 Å². The van der Waals surface area contributed by atoms with Gasteiger partial charge in [0.05, 0.1) is 0 Å². The van der Waals surface area contributed by atoms with Crippen LogP contribution in [0.3, 0.4) is 0 Å². The highest BCUT2D eigenvalue weighted by Gasteiger charge is 2.21. The van der Waals surface area contributed by atoms with Gasteiger partial charge in [-0.15, -0.1) is 0 Å². The SMILES string of the molecule is CCN(CCC(N)=NO)CC1CCCc2ccccc21. The van der Waals surface area contributed by atoms with Crippen molar-refractivity contribution in [2.24, 2.45) is 10.9 Å². The summed E-state index contributed by atoms with van der Waals surface area (Å²) in [6.45, 7) is 5.08. The summed E-state index contributed by atoms with van der Waals surface area (Å²) >= 11 is 0. The number of fused-ring (bicyclic) bond motifs is 1. The molecule has 0 saturated heterocycles. The molecule has 4 heteroatoms. The highest BCUT2D eigenvalue weighted by molar-refractivity contribution is 5.79. The second kappa shape index (κ2) is 7.29. The van der Waals surface area contributed by atoms with Crippen molar-refractivity contribution in [1.82, 2.24) is 4.90 Å². The number of rotatable bonds is 6. The van der Waals surface area contributed by atoms with Crippen molar-refractivity contribution in [2.45, 2.75) is 38.5 Å². The van der Waals surface area contributed by atoms with E-state index in [0.29, 0.717) is 18.2 Å². The molecule has 0 amide bonds. The molecule has 1 aromatic carbocycles. The Kier molecular flexibility index (Phi) is 5.41. The minimum atomic E-state index is 0.312. The number of hydrogen-bond donors (Lipinski definition) is 2. The average Bonchev–Trinajstić information content (AvgIpc) is 2.51. The van der Waals surface area contributed by atoms with Crippen LogP contribution in [-0.2, 0) is 6.42 Å². The molecule has 0 heterocycles. The van der Waals surface area contributed by atoms with Crippen LogP contribution >= 0.6 is 0 Å². The Labute approximate surface area is 121 Å². The monoisotopic (exact) mass is 275 g/mol. The topological polar surface area (TPSA) is 61.8 Å². The lowest BCUT2D eigenvalue weighted by atomic mass is 9.82. The zero-order valence-corrected chi connectivity index (χ0v) is 12.3. The van der Waals surface area contributed by atoms with E-state index in [2.05, 4.69) is 41.2 Å². The van der Waals surface area contributed by atoms with Crippen LogP contribution in [0, 0.1) is 0 Å². The molecular formula is C16H25N3O. The molecule has 110 valence electrons. The van der Waals surface area contributed by atoms with Crippen molar-refractivity contribution in [3.8, 4) is 0 Å². The molecule has 1 aliphatic rings. The van der Waals surface area contributed by atoms with Gasteiger partial charge in [-0.05, 0) is 42.9 Å². The highest BCUT2D eigenvalue weighted by atomic mass is 16.4. The first-order valence-corrected chi connectivity index (χ1v) is 7.51. The molecule has 0 aromatic heterocycles. The van der Waals surface area contributed by atoms with E-state index in [1.807, 2.05) is 0 Å². The van der Waals surface area contributed by atoms with Crippen molar-refractivity contribution in [2.75, 3.05) is 19.6 Å². The first-order chi connectivity index (χ1) is 9.74. The summed E-state index contributed by atoms with van der Waals surface area (Å²) in [4.78, 5) is 2.39. The Morgan fingerprint density at radius 1 is 1.45 bits per heavy atom. The Morgan fingerprint density at radius 2 is 2.25 bits per heavy atom. The molecule has 0 fully saturated rings. The van der Waals surface area contributed by atoms with Gasteiger partial charge in [0.15, 0.2) is 0 Å². The van der Waals surface area contributed by atoms with E-state index < -0.39 is 0 Å². The van der Waals surface area contributed by atoms with E-state index >= 15 is 0 Å². The van der Waals surface area contributed by atoms with E-state index in [4.69, 9.17) is 10.9 Å². The van der Waals surface area contributed by atoms with Gasteiger partial charge >= 0.3 is 0 Å². The van der Waals surface area contributed by atoms with Gasteiger partial charge in [0.1, 0.15) is 5.84 Å². The molecule has 0 saturated carbocycles. The standard InChI is InChI=1S/C16H25N3O/c1-2-19(11-10-16(17)18-20)12-14-8-5-7-13-6-3-4-9-15(13)14/h3-4,6,9,14,20H,2,5,7-8,10-12H2,1H3,(H2,17,18). The molecule has 4 nitrogen and oxygen atoms in total. The number of oxime groups is 1. The maximum Gasteiger partial charge on any atom is 0.140 e. The van der Waals surface area contributed by atoms with Crippen LogP contribution in [0.15, 0.2) is 29.4 Å². The normalized spacial score (nSPS) is 19.1. The Morgan fingerprint density at radius 3 is 3.00 bits per heavy atom. The molecule has 20 heavy (non-hydrogen) atoms. The van der Waals surface area contributed by atoms with Gasteiger partial charge in [-0.3, -0.25) is 0 Å². The molecule has 1 unspecified atom stereocenters. The number of aryl methyl sites for hydroxylation is 1. The smallest absolute Gasteiger partial charge is 0.140 e. The van der Waals surface area contributed by atoms with Crippen LogP contribution in [0.5, 0.6) is 0 Å². The number of likely N-dealkylation sites (N-methyl/N-ethyl adjacent to an activating group) is 1. The maximum absolute atomic E-state index is 8.62. The lowest BCUT2D eigenvalue weighted by Gasteiger charge is -2.30. The predicted molar refractivity (Wildman–Crippen MR) is 82.3 cm³/mol. The summed E-state index contributed by atoms with van der Waals surface area (Å²) in [7, 11) is 0. The van der Waals surface area contributed by atoms with Crippen LogP contribution in [0.2, 0.25) is 0 Å². The summed E-state index contributed by atoms with van der Waals surface area (Å²) in [5, 5.41) is 11.7. The first-order valence-electron chi connectivity index (χ1n) is 7.51. The fraction of sp³-hybridized carbons (Fsp3) is 0.562. The van der Waals surface area contributed by atoms with Gasteiger partial charge in [0.25, 0.3) is 0 Å². The third kappa shape index (κ3) is 3.73. The quantitative estimate of drug-likeness (QED) is 0.363. The summed E-state index contributed by atoms with van der Waals surface area (Å²) in [5.74, 6) is 0.930. The minimum absolute atomic E-state index is 0.312. The number of nitrogens with two attached hydrogens (primary N) is 1. The molecule has 1 aromatic rings. The van der Waals surface area contributed by atoms with E-state index in [1.165, 1.54) is 30.4 Å². The number of nitrogens with zero attached hydrogens (tertiary/aromatic N) is 2. The fourth-order valence-corrected chi connectivity index (χ4v) is 3.06. The van der Waals surface area contributed by atoms with Crippen molar-refractivity contribution in [3.05, 3.63) is 35.4 Å². The predicted octanol–water partition coefficient (Wildman–Crippen LogP) is 2.56. The maximum atomic E-state index is 8.62. The zero-order valence-electron chi connectivity index (χ0n) is 12.3. The van der Waals surface area contributed by atoms with Crippen LogP contribution < -0.4 is 5.73 Å². The molecule has 3 N–H and O–H groups in total. The molecule has 1 aliphatic carbocycles. The largest absolute Gasteiger partial charge is 0.409 e. The van der Waals surface area contributed by atoms with Crippen molar-refractivity contribution < 1.29 is 5.21 Å². The highest BCUT2D eigenvalue weighted by Crippen LogP contribution is 2.31. The second-order valence-corrected chi connectivity index (χ2v) is 5.52. The zero-order chi connectivity index (χ0) is 14.4. The van der Waals surface area contributed by atoms with Crippen LogP contribution in [0.4, 0.5) is 0 Å². The summed E-state index contributed by atoms with van der Waals surface area (Å²) in [6.07, 6.45) is 4.37.